The third-order valence-corrected chi connectivity index (χ3v) is 4.05. The zero-order valence-corrected chi connectivity index (χ0v) is 14.2. The van der Waals surface area contributed by atoms with Crippen molar-refractivity contribution in [2.45, 2.75) is 77.6 Å². The molecule has 0 aromatic heterocycles. The first-order valence-electron chi connectivity index (χ1n) is 8.57. The molecule has 0 aliphatic carbocycles. The van der Waals surface area contributed by atoms with E-state index in [-0.39, 0.29) is 6.15 Å². The molecule has 0 saturated carbocycles. The van der Waals surface area contributed by atoms with Crippen LogP contribution in [0.5, 0.6) is 0 Å². The number of carboxylic acid groups (broad SMARTS) is 1. The Bertz CT molecular complexity index is 404. The summed E-state index contributed by atoms with van der Waals surface area (Å²) >= 11 is 0. The number of aryl methyl sites for hydroxylation is 1. The minimum absolute atomic E-state index is 0. The Morgan fingerprint density at radius 1 is 0.864 bits per heavy atom. The molecular weight excluding hydrogens is 274 g/mol. The van der Waals surface area contributed by atoms with Crippen molar-refractivity contribution in [3.63, 3.8) is 0 Å². The van der Waals surface area contributed by atoms with Crippen molar-refractivity contribution in [2.24, 2.45) is 0 Å². The summed E-state index contributed by atoms with van der Waals surface area (Å²) in [7, 11) is 0. The predicted octanol–water partition coefficient (Wildman–Crippen LogP) is 6.01. The Balaban J connectivity index is 0.00000441. The molecule has 0 spiro atoms. The minimum Gasteiger partial charge on any atom is -0.478 e. The Morgan fingerprint density at radius 3 is 1.91 bits per heavy atom. The summed E-state index contributed by atoms with van der Waals surface area (Å²) in [6.07, 6.45) is 14.0. The first-order chi connectivity index (χ1) is 10.3. The molecule has 0 bridgehead atoms. The number of hydrogen-bond acceptors (Lipinski definition) is 2. The van der Waals surface area contributed by atoms with Crippen LogP contribution >= 0.6 is 0 Å². The molecule has 126 valence electrons. The Labute approximate surface area is 135 Å². The molecule has 0 amide bonds. The fourth-order valence-electron chi connectivity index (χ4n) is 2.75. The van der Waals surface area contributed by atoms with E-state index in [9.17, 15) is 4.79 Å². The second-order valence-electron chi connectivity index (χ2n) is 5.89. The maximum atomic E-state index is 11.1. The van der Waals surface area contributed by atoms with Gasteiger partial charge in [-0.15, -0.1) is 0 Å². The molecule has 0 aliphatic rings. The summed E-state index contributed by atoms with van der Waals surface area (Å²) < 4.78 is 0. The highest BCUT2D eigenvalue weighted by atomic mass is 16.4. The quantitative estimate of drug-likeness (QED) is 0.464. The summed E-state index contributed by atoms with van der Waals surface area (Å²) in [4.78, 5) is 11.1. The van der Waals surface area contributed by atoms with Gasteiger partial charge in [-0.1, -0.05) is 82.9 Å². The third-order valence-electron chi connectivity index (χ3n) is 4.05. The number of aromatic carboxylic acids is 1. The van der Waals surface area contributed by atoms with Crippen molar-refractivity contribution < 1.29 is 9.90 Å². The van der Waals surface area contributed by atoms with E-state index < -0.39 is 5.97 Å². The van der Waals surface area contributed by atoms with E-state index in [0.717, 1.165) is 18.4 Å². The highest BCUT2D eigenvalue weighted by Gasteiger charge is 2.07. The monoisotopic (exact) mass is 307 g/mol. The zero-order valence-electron chi connectivity index (χ0n) is 14.2. The van der Waals surface area contributed by atoms with Crippen LogP contribution in [0.25, 0.3) is 0 Å². The summed E-state index contributed by atoms with van der Waals surface area (Å²) in [6.45, 7) is 2.25. The van der Waals surface area contributed by atoms with E-state index >= 15 is 0 Å². The van der Waals surface area contributed by atoms with E-state index in [1.807, 2.05) is 12.1 Å². The molecule has 0 fully saturated rings. The van der Waals surface area contributed by atoms with Gasteiger partial charge in [0.25, 0.3) is 0 Å². The predicted molar refractivity (Wildman–Crippen MR) is 94.0 cm³/mol. The van der Waals surface area contributed by atoms with E-state index in [0.29, 0.717) is 5.56 Å². The van der Waals surface area contributed by atoms with E-state index in [1.165, 1.54) is 57.8 Å². The molecule has 0 unspecified atom stereocenters. The second kappa shape index (κ2) is 13.3. The van der Waals surface area contributed by atoms with E-state index in [2.05, 4.69) is 6.92 Å². The third kappa shape index (κ3) is 8.83. The number of benzene rings is 1. The highest BCUT2D eigenvalue weighted by molar-refractivity contribution is 5.89. The second-order valence-corrected chi connectivity index (χ2v) is 5.89. The molecule has 1 rings (SSSR count). The molecule has 3 heteroatoms. The number of rotatable bonds is 12. The molecule has 1 aromatic carbocycles. The first-order valence-corrected chi connectivity index (χ1v) is 8.57. The number of carboxylic acids is 1. The molecule has 0 aliphatic heterocycles. The standard InChI is InChI=1S/C19H30O2.H3N/c1-2-3-4-5-6-7-8-9-10-11-14-17-15-12-13-16-18(17)19(20)21;/h12-13,15-16H,2-11,14H2,1H3,(H,20,21);1H3. The minimum atomic E-state index is -0.808. The van der Waals surface area contributed by atoms with E-state index in [1.54, 1.807) is 12.1 Å². The van der Waals surface area contributed by atoms with Crippen molar-refractivity contribution in [1.29, 1.82) is 0 Å². The highest BCUT2D eigenvalue weighted by Crippen LogP contribution is 2.15. The van der Waals surface area contributed by atoms with Gasteiger partial charge in [-0.05, 0) is 24.5 Å². The Kier molecular flexibility index (Phi) is 12.5. The summed E-state index contributed by atoms with van der Waals surface area (Å²) in [5.41, 5.74) is 1.44. The van der Waals surface area contributed by atoms with Crippen molar-refractivity contribution in [3.8, 4) is 0 Å². The van der Waals surface area contributed by atoms with Gasteiger partial charge in [-0.2, -0.15) is 0 Å². The molecule has 0 radical (unpaired) electrons. The van der Waals surface area contributed by atoms with Crippen molar-refractivity contribution in [1.82, 2.24) is 6.15 Å². The van der Waals surface area contributed by atoms with Gasteiger partial charge in [0.05, 0.1) is 5.56 Å². The molecule has 0 saturated heterocycles. The SMILES string of the molecule is CCCCCCCCCCCCc1ccccc1C(=O)O.N. The van der Waals surface area contributed by atoms with Crippen LogP contribution in [-0.4, -0.2) is 11.1 Å². The Hall–Kier alpha value is -1.35. The van der Waals surface area contributed by atoms with Crippen molar-refractivity contribution in [2.75, 3.05) is 0 Å². The van der Waals surface area contributed by atoms with Crippen LogP contribution in [0.15, 0.2) is 24.3 Å². The fraction of sp³-hybridized carbons (Fsp3) is 0.632. The average Bonchev–Trinajstić information content (AvgIpc) is 2.49. The van der Waals surface area contributed by atoms with Crippen LogP contribution < -0.4 is 6.15 Å². The molecule has 4 N–H and O–H groups in total. The largest absolute Gasteiger partial charge is 0.478 e. The first kappa shape index (κ1) is 20.6. The van der Waals surface area contributed by atoms with Gasteiger partial charge in [-0.3, -0.25) is 0 Å². The maximum Gasteiger partial charge on any atom is 0.335 e. The summed E-state index contributed by atoms with van der Waals surface area (Å²) in [5, 5.41) is 9.13. The molecule has 0 heterocycles. The molecule has 0 atom stereocenters. The number of unbranched alkanes of at least 4 members (excludes halogenated alkanes) is 9. The lowest BCUT2D eigenvalue weighted by Gasteiger charge is -2.06. The lowest BCUT2D eigenvalue weighted by molar-refractivity contribution is 0.0695. The van der Waals surface area contributed by atoms with Crippen molar-refractivity contribution in [3.05, 3.63) is 35.4 Å². The average molecular weight is 307 g/mol. The fourth-order valence-corrected chi connectivity index (χ4v) is 2.75. The van der Waals surface area contributed by atoms with Crippen LogP contribution in [0.4, 0.5) is 0 Å². The van der Waals surface area contributed by atoms with E-state index in [4.69, 9.17) is 5.11 Å². The smallest absolute Gasteiger partial charge is 0.335 e. The number of hydrogen-bond donors (Lipinski definition) is 2. The van der Waals surface area contributed by atoms with Crippen LogP contribution in [-0.2, 0) is 6.42 Å². The molecule has 3 nitrogen and oxygen atoms in total. The zero-order chi connectivity index (χ0) is 15.3. The van der Waals surface area contributed by atoms with Crippen LogP contribution in [0.2, 0.25) is 0 Å². The van der Waals surface area contributed by atoms with Gasteiger partial charge in [0.1, 0.15) is 0 Å². The van der Waals surface area contributed by atoms with Gasteiger partial charge in [0.15, 0.2) is 0 Å². The lowest BCUT2D eigenvalue weighted by Crippen LogP contribution is -2.02. The molecule has 22 heavy (non-hydrogen) atoms. The summed E-state index contributed by atoms with van der Waals surface area (Å²) in [6, 6.07) is 7.37. The number of carbonyl (C=O) groups is 1. The van der Waals surface area contributed by atoms with Crippen molar-refractivity contribution >= 4 is 5.97 Å². The maximum absolute atomic E-state index is 11.1. The van der Waals surface area contributed by atoms with Gasteiger partial charge in [0, 0.05) is 0 Å². The van der Waals surface area contributed by atoms with Gasteiger partial charge >= 0.3 is 5.97 Å². The lowest BCUT2D eigenvalue weighted by atomic mass is 10.00. The van der Waals surface area contributed by atoms with Gasteiger partial charge < -0.3 is 11.3 Å². The topological polar surface area (TPSA) is 72.3 Å². The van der Waals surface area contributed by atoms with Gasteiger partial charge in [0.2, 0.25) is 0 Å². The van der Waals surface area contributed by atoms with Crippen LogP contribution in [0, 0.1) is 0 Å². The van der Waals surface area contributed by atoms with Crippen LogP contribution in [0.3, 0.4) is 0 Å². The van der Waals surface area contributed by atoms with Gasteiger partial charge in [-0.25, -0.2) is 4.79 Å². The Morgan fingerprint density at radius 2 is 1.36 bits per heavy atom. The molecule has 1 aromatic rings. The molecular formula is C19H33NO2. The van der Waals surface area contributed by atoms with Crippen LogP contribution in [0.1, 0.15) is 87.1 Å². The summed E-state index contributed by atoms with van der Waals surface area (Å²) in [5.74, 6) is -0.808. The normalized spacial score (nSPS) is 10.2.